The van der Waals surface area contributed by atoms with Crippen LogP contribution in [0.3, 0.4) is 0 Å². The molecule has 7 heteroatoms. The molecule has 0 unspecified atom stereocenters. The largest absolute Gasteiger partial charge is 0.480 e. The Morgan fingerprint density at radius 2 is 1.91 bits per heavy atom. The summed E-state index contributed by atoms with van der Waals surface area (Å²) in [5.41, 5.74) is 9.90. The Morgan fingerprint density at radius 1 is 1.09 bits per heavy atom. The number of aromatic amines is 1. The molecular formula is C15H12N6O. The highest BCUT2D eigenvalue weighted by Crippen LogP contribution is 2.34. The molecule has 3 aromatic heterocycles. The minimum absolute atomic E-state index is 0.169. The summed E-state index contributed by atoms with van der Waals surface area (Å²) >= 11 is 0. The van der Waals surface area contributed by atoms with Crippen molar-refractivity contribution >= 4 is 28.0 Å². The molecule has 0 atom stereocenters. The second-order valence-corrected chi connectivity index (χ2v) is 4.78. The summed E-state index contributed by atoms with van der Waals surface area (Å²) in [6, 6.07) is 5.89. The van der Waals surface area contributed by atoms with E-state index in [0.29, 0.717) is 11.5 Å². The molecule has 0 radical (unpaired) electrons. The van der Waals surface area contributed by atoms with Crippen molar-refractivity contribution in [2.24, 2.45) is 0 Å². The van der Waals surface area contributed by atoms with Crippen LogP contribution in [0.25, 0.3) is 33.2 Å². The molecular weight excluding hydrogens is 280 g/mol. The van der Waals surface area contributed by atoms with Crippen molar-refractivity contribution in [2.45, 2.75) is 0 Å². The number of ether oxygens (including phenoxy) is 1. The molecule has 4 rings (SSSR count). The van der Waals surface area contributed by atoms with E-state index in [1.807, 2.05) is 24.4 Å². The van der Waals surface area contributed by atoms with Gasteiger partial charge >= 0.3 is 0 Å². The van der Waals surface area contributed by atoms with E-state index in [0.717, 1.165) is 27.5 Å². The van der Waals surface area contributed by atoms with Gasteiger partial charge in [0.15, 0.2) is 0 Å². The minimum Gasteiger partial charge on any atom is -0.480 e. The summed E-state index contributed by atoms with van der Waals surface area (Å²) in [7, 11) is 1.56. The third kappa shape index (κ3) is 1.83. The van der Waals surface area contributed by atoms with Crippen LogP contribution in [0.2, 0.25) is 0 Å². The number of rotatable bonds is 2. The van der Waals surface area contributed by atoms with Crippen molar-refractivity contribution < 1.29 is 4.74 Å². The van der Waals surface area contributed by atoms with Crippen LogP contribution in [0.15, 0.2) is 36.8 Å². The third-order valence-corrected chi connectivity index (χ3v) is 3.49. The van der Waals surface area contributed by atoms with Crippen molar-refractivity contribution in [3.63, 3.8) is 0 Å². The predicted molar refractivity (Wildman–Crippen MR) is 83.4 cm³/mol. The maximum Gasteiger partial charge on any atom is 0.228 e. The fraction of sp³-hybridized carbons (Fsp3) is 0.0667. The molecule has 7 nitrogen and oxygen atoms in total. The second-order valence-electron chi connectivity index (χ2n) is 4.78. The van der Waals surface area contributed by atoms with E-state index in [9.17, 15) is 0 Å². The normalized spacial score (nSPS) is 11.1. The number of nitrogens with one attached hydrogen (secondary N) is 1. The molecule has 1 aromatic carbocycles. The molecule has 3 heterocycles. The van der Waals surface area contributed by atoms with Crippen molar-refractivity contribution in [1.29, 1.82) is 0 Å². The average Bonchev–Trinajstić information content (AvgIpc) is 2.97. The van der Waals surface area contributed by atoms with Crippen LogP contribution in [0, 0.1) is 0 Å². The Morgan fingerprint density at radius 3 is 2.73 bits per heavy atom. The molecule has 0 amide bonds. The van der Waals surface area contributed by atoms with Crippen LogP contribution < -0.4 is 10.5 Å². The number of nitrogens with zero attached hydrogens (tertiary/aromatic N) is 4. The molecule has 3 N–H and O–H groups in total. The maximum atomic E-state index is 5.68. The van der Waals surface area contributed by atoms with Gasteiger partial charge in [0.2, 0.25) is 11.8 Å². The number of methoxy groups -OCH3 is 1. The Balaban J connectivity index is 1.99. The van der Waals surface area contributed by atoms with E-state index in [1.54, 1.807) is 19.5 Å². The first kappa shape index (κ1) is 12.5. The monoisotopic (exact) mass is 292 g/mol. The van der Waals surface area contributed by atoms with Crippen LogP contribution in [-0.4, -0.2) is 32.0 Å². The highest BCUT2D eigenvalue weighted by molar-refractivity contribution is 5.99. The van der Waals surface area contributed by atoms with Crippen molar-refractivity contribution in [2.75, 3.05) is 12.8 Å². The zero-order chi connectivity index (χ0) is 15.1. The smallest absolute Gasteiger partial charge is 0.228 e. The maximum absolute atomic E-state index is 5.68. The van der Waals surface area contributed by atoms with Crippen LogP contribution in [0.4, 0.5) is 5.95 Å². The lowest BCUT2D eigenvalue weighted by Gasteiger charge is -2.05. The number of fused-ring (bicyclic) bond motifs is 2. The van der Waals surface area contributed by atoms with Gasteiger partial charge in [0.1, 0.15) is 5.65 Å². The molecule has 0 aliphatic heterocycles. The van der Waals surface area contributed by atoms with Crippen molar-refractivity contribution in [3.8, 4) is 17.0 Å². The van der Waals surface area contributed by atoms with Gasteiger partial charge in [-0.15, -0.1) is 0 Å². The number of aromatic nitrogens is 5. The van der Waals surface area contributed by atoms with Crippen LogP contribution in [0.5, 0.6) is 5.88 Å². The highest BCUT2D eigenvalue weighted by atomic mass is 16.5. The van der Waals surface area contributed by atoms with Crippen LogP contribution >= 0.6 is 0 Å². The van der Waals surface area contributed by atoms with Crippen LogP contribution in [-0.2, 0) is 0 Å². The number of nitrogens with two attached hydrogens (primary N) is 1. The lowest BCUT2D eigenvalue weighted by Crippen LogP contribution is -1.98. The van der Waals surface area contributed by atoms with Crippen molar-refractivity contribution in [3.05, 3.63) is 36.8 Å². The van der Waals surface area contributed by atoms with Gasteiger partial charge < -0.3 is 15.5 Å². The fourth-order valence-electron chi connectivity index (χ4n) is 2.52. The van der Waals surface area contributed by atoms with Crippen molar-refractivity contribution in [1.82, 2.24) is 24.9 Å². The van der Waals surface area contributed by atoms with Gasteiger partial charge in [0.05, 0.1) is 23.5 Å². The topological polar surface area (TPSA) is 103 Å². The number of H-pyrrole nitrogens is 1. The van der Waals surface area contributed by atoms with E-state index in [2.05, 4.69) is 24.9 Å². The first-order valence-corrected chi connectivity index (χ1v) is 6.66. The van der Waals surface area contributed by atoms with Gasteiger partial charge in [0, 0.05) is 24.2 Å². The van der Waals surface area contributed by atoms with Gasteiger partial charge in [-0.2, -0.15) is 9.97 Å². The van der Waals surface area contributed by atoms with Gasteiger partial charge in [0.25, 0.3) is 0 Å². The quantitative estimate of drug-likeness (QED) is 0.587. The number of nitrogen functional groups attached to an aromatic ring is 1. The van der Waals surface area contributed by atoms with Gasteiger partial charge in [-0.25, -0.2) is 0 Å². The van der Waals surface area contributed by atoms with Gasteiger partial charge in [-0.05, 0) is 17.7 Å². The summed E-state index contributed by atoms with van der Waals surface area (Å²) in [6.45, 7) is 0. The molecule has 0 saturated heterocycles. The summed E-state index contributed by atoms with van der Waals surface area (Å²) in [4.78, 5) is 20.0. The fourth-order valence-corrected chi connectivity index (χ4v) is 2.52. The zero-order valence-corrected chi connectivity index (χ0v) is 11.7. The second kappa shape index (κ2) is 4.66. The molecule has 0 saturated carbocycles. The summed E-state index contributed by atoms with van der Waals surface area (Å²) in [5, 5.41) is 0.792. The number of hydrogen-bond acceptors (Lipinski definition) is 6. The number of hydrogen-bond donors (Lipinski definition) is 2. The van der Waals surface area contributed by atoms with E-state index < -0.39 is 0 Å². The predicted octanol–water partition coefficient (Wildman–Crippen LogP) is 2.16. The Labute approximate surface area is 125 Å². The van der Waals surface area contributed by atoms with E-state index in [1.165, 1.54) is 0 Å². The van der Waals surface area contributed by atoms with Gasteiger partial charge in [-0.3, -0.25) is 9.97 Å². The molecule has 0 aliphatic carbocycles. The van der Waals surface area contributed by atoms with Crippen LogP contribution in [0.1, 0.15) is 0 Å². The zero-order valence-electron chi connectivity index (χ0n) is 11.7. The van der Waals surface area contributed by atoms with Gasteiger partial charge in [-0.1, -0.05) is 6.07 Å². The number of benzene rings is 1. The molecule has 0 aliphatic rings. The Kier molecular flexibility index (Phi) is 2.65. The lowest BCUT2D eigenvalue weighted by atomic mass is 10.1. The minimum atomic E-state index is 0.169. The molecule has 108 valence electrons. The summed E-state index contributed by atoms with van der Waals surface area (Å²) in [5.74, 6) is 0.611. The summed E-state index contributed by atoms with van der Waals surface area (Å²) in [6.07, 6.45) is 5.21. The first-order valence-electron chi connectivity index (χ1n) is 6.66. The summed E-state index contributed by atoms with van der Waals surface area (Å²) < 4.78 is 5.34. The molecule has 0 bridgehead atoms. The van der Waals surface area contributed by atoms with E-state index in [4.69, 9.17) is 10.5 Å². The third-order valence-electron chi connectivity index (χ3n) is 3.49. The molecule has 0 spiro atoms. The highest BCUT2D eigenvalue weighted by Gasteiger charge is 2.15. The average molecular weight is 292 g/mol. The lowest BCUT2D eigenvalue weighted by molar-refractivity contribution is 0.403. The Bertz CT molecular complexity index is 994. The SMILES string of the molecule is COc1nc(N)nc2[nH]cc(-c3ccc4nccnc4c3)c12. The first-order chi connectivity index (χ1) is 10.8. The molecule has 22 heavy (non-hydrogen) atoms. The van der Waals surface area contributed by atoms with E-state index in [-0.39, 0.29) is 5.95 Å². The standard InChI is InChI=1S/C15H12N6O/c1-22-14-12-9(7-19-13(12)20-15(16)21-14)8-2-3-10-11(6-8)18-5-4-17-10/h2-7H,1H3,(H3,16,19,20,21). The number of anilines is 1. The molecule has 4 aromatic rings. The van der Waals surface area contributed by atoms with E-state index >= 15 is 0 Å². The Hall–Kier alpha value is -3.22. The molecule has 0 fully saturated rings.